The van der Waals surface area contributed by atoms with Crippen LogP contribution in [0.15, 0.2) is 24.3 Å². The molecule has 122 valence electrons. The summed E-state index contributed by atoms with van der Waals surface area (Å²) in [4.78, 5) is 26.2. The number of carbonyl (C=O) groups is 2. The monoisotopic (exact) mass is 353 g/mol. The maximum absolute atomic E-state index is 12.5. The minimum Gasteiger partial charge on any atom is -0.484 e. The van der Waals surface area contributed by atoms with Gasteiger partial charge in [-0.1, -0.05) is 29.3 Å². The largest absolute Gasteiger partial charge is 0.484 e. The Hall–Kier alpha value is -1.52. The van der Waals surface area contributed by atoms with Crippen LogP contribution >= 0.6 is 23.2 Å². The van der Waals surface area contributed by atoms with Gasteiger partial charge in [-0.3, -0.25) is 9.59 Å². The van der Waals surface area contributed by atoms with Crippen molar-refractivity contribution in [1.82, 2.24) is 4.90 Å². The van der Waals surface area contributed by atoms with Gasteiger partial charge in [0.25, 0.3) is 0 Å². The Morgan fingerprint density at radius 1 is 1.30 bits per heavy atom. The van der Waals surface area contributed by atoms with E-state index in [-0.39, 0.29) is 11.7 Å². The molecule has 6 heteroatoms. The van der Waals surface area contributed by atoms with Crippen LogP contribution in [-0.2, 0) is 4.79 Å². The van der Waals surface area contributed by atoms with Crippen LogP contribution < -0.4 is 4.74 Å². The van der Waals surface area contributed by atoms with Crippen LogP contribution in [0.25, 0.3) is 0 Å². The van der Waals surface area contributed by atoms with Crippen LogP contribution in [0.4, 0.5) is 0 Å². The number of piperidine rings is 1. The van der Waals surface area contributed by atoms with E-state index in [0.717, 1.165) is 0 Å². The van der Waals surface area contributed by atoms with E-state index in [2.05, 4.69) is 0 Å². The summed E-state index contributed by atoms with van der Waals surface area (Å²) < 4.78 is 6.14. The molecular formula is C17H17Cl2NO3. The predicted octanol–water partition coefficient (Wildman–Crippen LogP) is 3.90. The summed E-state index contributed by atoms with van der Waals surface area (Å²) in [6.07, 6.45) is 4.80. The number of ether oxygens (including phenoxy) is 1. The molecule has 2 heterocycles. The fourth-order valence-corrected chi connectivity index (χ4v) is 3.71. The van der Waals surface area contributed by atoms with Gasteiger partial charge in [-0.2, -0.15) is 0 Å². The number of carbonyl (C=O) groups excluding carboxylic acids is 2. The van der Waals surface area contributed by atoms with Crippen molar-refractivity contribution >= 4 is 34.9 Å². The maximum atomic E-state index is 12.5. The summed E-state index contributed by atoms with van der Waals surface area (Å²) in [6, 6.07) is 3.18. The molecule has 2 aliphatic heterocycles. The summed E-state index contributed by atoms with van der Waals surface area (Å²) in [5, 5.41) is 0.778. The molecule has 0 unspecified atom stereocenters. The number of likely N-dealkylation sites (tertiary alicyclic amines) is 1. The van der Waals surface area contributed by atoms with E-state index >= 15 is 0 Å². The van der Waals surface area contributed by atoms with E-state index in [1.165, 1.54) is 0 Å². The number of halogens is 2. The van der Waals surface area contributed by atoms with Gasteiger partial charge in [0.05, 0.1) is 17.0 Å². The van der Waals surface area contributed by atoms with Crippen molar-refractivity contribution in [2.45, 2.75) is 31.8 Å². The van der Waals surface area contributed by atoms with Crippen LogP contribution in [0.1, 0.15) is 36.5 Å². The van der Waals surface area contributed by atoms with Gasteiger partial charge in [0.15, 0.2) is 5.78 Å². The number of benzene rings is 1. The highest BCUT2D eigenvalue weighted by molar-refractivity contribution is 6.36. The molecule has 0 aliphatic carbocycles. The minimum atomic E-state index is -0.575. The Morgan fingerprint density at radius 3 is 2.65 bits per heavy atom. The quantitative estimate of drug-likeness (QED) is 0.719. The SMILES string of the molecule is C/C=C/C(=O)N1CCC2(CC1)CC(=O)c1cc(Cl)cc(Cl)c1O2. The summed E-state index contributed by atoms with van der Waals surface area (Å²) in [5.74, 6) is 0.402. The third-order valence-corrected chi connectivity index (χ3v) is 4.90. The molecule has 4 nitrogen and oxygen atoms in total. The molecule has 1 aromatic carbocycles. The summed E-state index contributed by atoms with van der Waals surface area (Å²) in [6.45, 7) is 2.95. The first-order valence-electron chi connectivity index (χ1n) is 7.57. The molecule has 0 radical (unpaired) electrons. The van der Waals surface area contributed by atoms with Gasteiger partial charge in [0.2, 0.25) is 5.91 Å². The fraction of sp³-hybridized carbons (Fsp3) is 0.412. The topological polar surface area (TPSA) is 46.6 Å². The van der Waals surface area contributed by atoms with Crippen LogP contribution in [0.2, 0.25) is 10.0 Å². The zero-order chi connectivity index (χ0) is 16.6. The van der Waals surface area contributed by atoms with Crippen LogP contribution in [0, 0.1) is 0 Å². The average Bonchev–Trinajstić information content (AvgIpc) is 2.50. The predicted molar refractivity (Wildman–Crippen MR) is 89.4 cm³/mol. The van der Waals surface area contributed by atoms with Gasteiger partial charge >= 0.3 is 0 Å². The standard InChI is InChI=1S/C17H17Cl2NO3/c1-2-3-15(22)20-6-4-17(5-7-20)10-14(21)12-8-11(18)9-13(19)16(12)23-17/h2-3,8-9H,4-7,10H2,1H3/b3-2+. The van der Waals surface area contributed by atoms with E-state index in [1.807, 2.05) is 6.92 Å². The third-order valence-electron chi connectivity index (χ3n) is 4.41. The van der Waals surface area contributed by atoms with E-state index in [4.69, 9.17) is 27.9 Å². The highest BCUT2D eigenvalue weighted by Gasteiger charge is 2.44. The van der Waals surface area contributed by atoms with Crippen LogP contribution in [0.5, 0.6) is 5.75 Å². The lowest BCUT2D eigenvalue weighted by Crippen LogP contribution is -2.52. The smallest absolute Gasteiger partial charge is 0.246 e. The van der Waals surface area contributed by atoms with Gasteiger partial charge in [-0.05, 0) is 25.1 Å². The number of hydrogen-bond acceptors (Lipinski definition) is 3. The number of allylic oxidation sites excluding steroid dienone is 1. The number of ketones is 1. The Labute approximate surface area is 145 Å². The third kappa shape index (κ3) is 3.10. The molecule has 1 aromatic rings. The number of amides is 1. The maximum Gasteiger partial charge on any atom is 0.246 e. The zero-order valence-electron chi connectivity index (χ0n) is 12.8. The van der Waals surface area contributed by atoms with Gasteiger partial charge in [0.1, 0.15) is 11.4 Å². The lowest BCUT2D eigenvalue weighted by Gasteiger charge is -2.44. The van der Waals surface area contributed by atoms with Crippen LogP contribution in [0.3, 0.4) is 0 Å². The average molecular weight is 354 g/mol. The fourth-order valence-electron chi connectivity index (χ4n) is 3.17. The Morgan fingerprint density at radius 2 is 2.00 bits per heavy atom. The second-order valence-electron chi connectivity index (χ2n) is 5.97. The summed E-state index contributed by atoms with van der Waals surface area (Å²) >= 11 is 12.2. The zero-order valence-corrected chi connectivity index (χ0v) is 14.3. The van der Waals surface area contributed by atoms with Gasteiger partial charge in [-0.15, -0.1) is 0 Å². The molecule has 0 atom stereocenters. The molecule has 1 saturated heterocycles. The second-order valence-corrected chi connectivity index (χ2v) is 6.82. The molecule has 0 saturated carbocycles. The number of Topliss-reactive ketones (excluding diaryl/α,β-unsaturated/α-hetero) is 1. The Kier molecular flexibility index (Phi) is 4.39. The number of fused-ring (bicyclic) bond motifs is 1. The van der Waals surface area contributed by atoms with E-state index in [0.29, 0.717) is 53.7 Å². The summed E-state index contributed by atoms with van der Waals surface area (Å²) in [7, 11) is 0. The first-order valence-corrected chi connectivity index (χ1v) is 8.32. The Bertz CT molecular complexity index is 691. The lowest BCUT2D eigenvalue weighted by atomic mass is 9.82. The Balaban J connectivity index is 1.81. The first kappa shape index (κ1) is 16.3. The molecule has 3 rings (SSSR count). The molecule has 0 N–H and O–H groups in total. The highest BCUT2D eigenvalue weighted by Crippen LogP contribution is 2.44. The van der Waals surface area contributed by atoms with Gasteiger partial charge in [0, 0.05) is 31.0 Å². The molecule has 0 aromatic heterocycles. The molecule has 0 bridgehead atoms. The number of rotatable bonds is 1. The first-order chi connectivity index (χ1) is 10.9. The lowest BCUT2D eigenvalue weighted by molar-refractivity contribution is -0.129. The van der Waals surface area contributed by atoms with Crippen molar-refractivity contribution in [2.75, 3.05) is 13.1 Å². The van der Waals surface area contributed by atoms with Crippen molar-refractivity contribution in [3.8, 4) is 5.75 Å². The van der Waals surface area contributed by atoms with Crippen molar-refractivity contribution in [3.63, 3.8) is 0 Å². The molecule has 1 fully saturated rings. The van der Waals surface area contributed by atoms with Crippen molar-refractivity contribution in [2.24, 2.45) is 0 Å². The second kappa shape index (κ2) is 6.17. The van der Waals surface area contributed by atoms with E-state index in [9.17, 15) is 9.59 Å². The highest BCUT2D eigenvalue weighted by atomic mass is 35.5. The van der Waals surface area contributed by atoms with E-state index < -0.39 is 5.60 Å². The number of hydrogen-bond donors (Lipinski definition) is 0. The van der Waals surface area contributed by atoms with E-state index in [1.54, 1.807) is 29.2 Å². The normalized spacial score (nSPS) is 19.8. The minimum absolute atomic E-state index is 0.00491. The van der Waals surface area contributed by atoms with Crippen molar-refractivity contribution < 1.29 is 14.3 Å². The molecular weight excluding hydrogens is 337 g/mol. The van der Waals surface area contributed by atoms with Crippen molar-refractivity contribution in [3.05, 3.63) is 39.9 Å². The summed E-state index contributed by atoms with van der Waals surface area (Å²) in [5.41, 5.74) is -0.130. The van der Waals surface area contributed by atoms with Gasteiger partial charge < -0.3 is 9.64 Å². The van der Waals surface area contributed by atoms with Crippen LogP contribution in [-0.4, -0.2) is 35.3 Å². The van der Waals surface area contributed by atoms with Gasteiger partial charge in [-0.25, -0.2) is 0 Å². The van der Waals surface area contributed by atoms with Crippen molar-refractivity contribution in [1.29, 1.82) is 0 Å². The molecule has 1 amide bonds. The molecule has 23 heavy (non-hydrogen) atoms. The number of nitrogens with zero attached hydrogens (tertiary/aromatic N) is 1. The molecule has 2 aliphatic rings. The molecule has 1 spiro atoms.